The fraction of sp³-hybridized carbons (Fsp3) is 0.548. The number of nitrogens with zero attached hydrogens (tertiary/aromatic N) is 2. The van der Waals surface area contributed by atoms with Crippen molar-refractivity contribution in [2.24, 2.45) is 0 Å². The number of hydrogen-bond donors (Lipinski definition) is 0. The van der Waals surface area contributed by atoms with Gasteiger partial charge in [0.25, 0.3) is 0 Å². The van der Waals surface area contributed by atoms with E-state index in [0.717, 1.165) is 35.4 Å². The maximum absolute atomic E-state index is 13.8. The van der Waals surface area contributed by atoms with E-state index < -0.39 is 18.4 Å². The summed E-state index contributed by atoms with van der Waals surface area (Å²) in [7, 11) is 0. The molecular formula is C31H44ClFN2OSn. The molecule has 1 aromatic heterocycles. The molecule has 0 saturated heterocycles. The summed E-state index contributed by atoms with van der Waals surface area (Å²) in [5.41, 5.74) is 3.16. The molecule has 3 nitrogen and oxygen atoms in total. The zero-order valence-corrected chi connectivity index (χ0v) is 26.6. The number of ether oxygens (including phenoxy) is 1. The number of rotatable bonds is 13. The van der Waals surface area contributed by atoms with Gasteiger partial charge in [-0.3, -0.25) is 0 Å². The quantitative estimate of drug-likeness (QED) is 0.138. The summed E-state index contributed by atoms with van der Waals surface area (Å²) in [6.07, 6.45) is 11.5. The molecule has 0 atom stereocenters. The van der Waals surface area contributed by atoms with Crippen LogP contribution in [0.5, 0.6) is 5.75 Å². The first-order chi connectivity index (χ1) is 18.0. The number of fused-ring (bicyclic) bond motifs is 2. The molecule has 37 heavy (non-hydrogen) atoms. The Bertz CT molecular complexity index is 1160. The average Bonchev–Trinajstić information content (AvgIpc) is 3.19. The van der Waals surface area contributed by atoms with E-state index in [4.69, 9.17) is 16.3 Å². The second kappa shape index (κ2) is 13.7. The summed E-state index contributed by atoms with van der Waals surface area (Å²) < 4.78 is 28.0. The third kappa shape index (κ3) is 7.24. The summed E-state index contributed by atoms with van der Waals surface area (Å²) >= 11 is 4.46. The molecule has 0 fully saturated rings. The van der Waals surface area contributed by atoms with Crippen LogP contribution in [-0.2, 0) is 6.54 Å². The van der Waals surface area contributed by atoms with Gasteiger partial charge in [0, 0.05) is 0 Å². The predicted octanol–water partition coefficient (Wildman–Crippen LogP) is 9.40. The van der Waals surface area contributed by atoms with Gasteiger partial charge in [-0.25, -0.2) is 0 Å². The first-order valence-corrected chi connectivity index (χ1v) is 22.9. The fourth-order valence-electron chi connectivity index (χ4n) is 6.06. The second-order valence-corrected chi connectivity index (χ2v) is 25.2. The van der Waals surface area contributed by atoms with Gasteiger partial charge < -0.3 is 0 Å². The van der Waals surface area contributed by atoms with E-state index in [-0.39, 0.29) is 5.82 Å². The van der Waals surface area contributed by atoms with E-state index in [2.05, 4.69) is 36.3 Å². The van der Waals surface area contributed by atoms with Crippen LogP contribution in [0.25, 0.3) is 16.6 Å². The molecule has 2 heterocycles. The Morgan fingerprint density at radius 2 is 1.65 bits per heavy atom. The molecule has 0 spiro atoms. The van der Waals surface area contributed by atoms with Crippen LogP contribution in [0.4, 0.5) is 4.39 Å². The second-order valence-electron chi connectivity index (χ2n) is 11.0. The monoisotopic (exact) mass is 634 g/mol. The number of aromatic nitrogens is 1. The number of hydrogen-bond acceptors (Lipinski definition) is 2. The minimum atomic E-state index is -2.35. The van der Waals surface area contributed by atoms with E-state index in [9.17, 15) is 4.39 Å². The Morgan fingerprint density at radius 3 is 2.38 bits per heavy atom. The van der Waals surface area contributed by atoms with Crippen molar-refractivity contribution in [2.45, 2.75) is 85.6 Å². The van der Waals surface area contributed by atoms with Gasteiger partial charge in [0.05, 0.1) is 0 Å². The van der Waals surface area contributed by atoms with Crippen molar-refractivity contribution in [3.8, 4) is 11.4 Å². The number of unbranched alkanes of at least 4 members (excludes halogenated alkanes) is 4. The molecule has 0 unspecified atom stereocenters. The van der Waals surface area contributed by atoms with E-state index in [1.165, 1.54) is 74.4 Å². The molecule has 1 aliphatic rings. The van der Waals surface area contributed by atoms with Crippen molar-refractivity contribution in [2.75, 3.05) is 17.7 Å². The summed E-state index contributed by atoms with van der Waals surface area (Å²) in [5.74, 6) is 0.624. The molecule has 3 aromatic rings. The van der Waals surface area contributed by atoms with Crippen LogP contribution in [-0.4, -0.2) is 45.6 Å². The van der Waals surface area contributed by atoms with Crippen LogP contribution in [0.1, 0.15) is 71.3 Å². The zero-order valence-electron chi connectivity index (χ0n) is 23.0. The Kier molecular flexibility index (Phi) is 10.7. The average molecular weight is 634 g/mol. The van der Waals surface area contributed by atoms with Gasteiger partial charge in [0.15, 0.2) is 0 Å². The van der Waals surface area contributed by atoms with Crippen molar-refractivity contribution in [1.29, 1.82) is 0 Å². The van der Waals surface area contributed by atoms with Gasteiger partial charge in [0.2, 0.25) is 0 Å². The van der Waals surface area contributed by atoms with Crippen LogP contribution in [0, 0.1) is 5.82 Å². The van der Waals surface area contributed by atoms with E-state index in [0.29, 0.717) is 11.6 Å². The molecule has 0 N–H and O–H groups in total. The topological polar surface area (TPSA) is 17.4 Å². The molecule has 202 valence electrons. The summed E-state index contributed by atoms with van der Waals surface area (Å²) in [5, 5.41) is 1.55. The Balaban J connectivity index is 1.62. The van der Waals surface area contributed by atoms with Gasteiger partial charge in [-0.2, -0.15) is 0 Å². The van der Waals surface area contributed by atoms with Gasteiger partial charge in [0.1, 0.15) is 0 Å². The molecule has 6 heteroatoms. The van der Waals surface area contributed by atoms with Crippen LogP contribution in [0.3, 0.4) is 0 Å². The van der Waals surface area contributed by atoms with Crippen molar-refractivity contribution < 1.29 is 9.13 Å². The Morgan fingerprint density at radius 1 is 0.919 bits per heavy atom. The van der Waals surface area contributed by atoms with E-state index in [1.54, 1.807) is 6.07 Å². The molecule has 4 rings (SSSR count). The van der Waals surface area contributed by atoms with E-state index in [1.807, 2.05) is 24.4 Å². The first-order valence-electron chi connectivity index (χ1n) is 14.4. The third-order valence-electron chi connectivity index (χ3n) is 8.07. The Hall–Kier alpha value is -1.24. The zero-order chi connectivity index (χ0) is 26.3. The molecule has 0 amide bonds. The van der Waals surface area contributed by atoms with E-state index >= 15 is 0 Å². The van der Waals surface area contributed by atoms with Crippen molar-refractivity contribution in [3.63, 3.8) is 0 Å². The summed E-state index contributed by atoms with van der Waals surface area (Å²) in [6.45, 7) is 9.57. The van der Waals surface area contributed by atoms with Gasteiger partial charge in [-0.15, -0.1) is 0 Å². The summed E-state index contributed by atoms with van der Waals surface area (Å²) in [4.78, 5) is 2.71. The Labute approximate surface area is 232 Å². The first kappa shape index (κ1) is 28.8. The maximum atomic E-state index is 13.8. The summed E-state index contributed by atoms with van der Waals surface area (Å²) in [6, 6.07) is 11.1. The van der Waals surface area contributed by atoms with Gasteiger partial charge >= 0.3 is 233 Å². The van der Waals surface area contributed by atoms with Crippen molar-refractivity contribution in [3.05, 3.63) is 59.0 Å². The van der Waals surface area contributed by atoms with Crippen molar-refractivity contribution in [1.82, 2.24) is 9.47 Å². The molecular weight excluding hydrogens is 590 g/mol. The van der Waals surface area contributed by atoms with Crippen LogP contribution >= 0.6 is 11.6 Å². The number of halogens is 2. The molecule has 0 radical (unpaired) electrons. The molecule has 1 aliphatic heterocycles. The van der Waals surface area contributed by atoms with Crippen LogP contribution in [0.15, 0.2) is 42.6 Å². The van der Waals surface area contributed by atoms with Crippen molar-refractivity contribution >= 4 is 40.9 Å². The molecule has 0 bridgehead atoms. The minimum absolute atomic E-state index is 0.214. The van der Waals surface area contributed by atoms with Gasteiger partial charge in [-0.05, 0) is 0 Å². The number of benzene rings is 2. The molecule has 0 saturated carbocycles. The standard InChI is InChI=1S/C18H15ClFN2O.C5H11.2C4H9.Sn/c1-21-6-7-23-18-13(11-21)9-15(10-16(18)19)22-5-4-12-8-14(20)2-3-17(12)22;1-3-5-4-2;2*1-3-4-2;/h2-5,8-10H,1,6-7,11H2;1,3-5H2,2H3;2*1,3-4H2,2H3;. The third-order valence-corrected chi connectivity index (χ3v) is 23.7. The fourth-order valence-corrected chi connectivity index (χ4v) is 22.5. The van der Waals surface area contributed by atoms with Crippen LogP contribution < -0.4 is 4.74 Å². The molecule has 0 aliphatic carbocycles. The predicted molar refractivity (Wildman–Crippen MR) is 159 cm³/mol. The molecule has 2 aromatic carbocycles. The normalized spacial score (nSPS) is 14.5. The SMILES string of the molecule is CCCC[CH2][Sn]([CH2]CCC)([CH2]CCC)[CH2]N1CCOc2c(Cl)cc(-n3ccc4cc(F)ccc43)cc2C1. The van der Waals surface area contributed by atoms with Gasteiger partial charge in [-0.1, -0.05) is 0 Å². The van der Waals surface area contributed by atoms with Crippen LogP contribution in [0.2, 0.25) is 18.3 Å².